The second-order valence-electron chi connectivity index (χ2n) is 3.75. The molecule has 7 nitrogen and oxygen atoms in total. The van der Waals surface area contributed by atoms with Crippen LogP contribution in [0, 0.1) is 0 Å². The second kappa shape index (κ2) is 32.1. The van der Waals surface area contributed by atoms with Crippen LogP contribution in [0.25, 0.3) is 0 Å². The predicted octanol–water partition coefficient (Wildman–Crippen LogP) is 2.61. The van der Waals surface area contributed by atoms with E-state index in [9.17, 15) is 14.4 Å². The number of carboxylic acid groups (broad SMARTS) is 3. The Morgan fingerprint density at radius 1 is 0.636 bits per heavy atom. The number of aliphatic hydroxyl groups is 1. The molecule has 0 unspecified atom stereocenters. The molecule has 0 atom stereocenters. The molecule has 0 aliphatic rings. The minimum Gasteiger partial charge on any atom is -0.481 e. The van der Waals surface area contributed by atoms with E-state index < -0.39 is 17.9 Å². The Labute approximate surface area is 147 Å². The molecule has 0 aromatic heterocycles. The number of carboxylic acids is 3. The van der Waals surface area contributed by atoms with Gasteiger partial charge in [0.2, 0.25) is 0 Å². The molecule has 132 valence electrons. The van der Waals surface area contributed by atoms with Gasteiger partial charge in [-0.3, -0.25) is 14.4 Å². The molecule has 0 heterocycles. The number of rotatable bonds is 6. The van der Waals surface area contributed by atoms with Crippen LogP contribution < -0.4 is 0 Å². The topological polar surface area (TPSA) is 132 Å². The molecule has 0 rings (SSSR count). The first kappa shape index (κ1) is 32.9. The molecule has 0 aliphatic carbocycles. The van der Waals surface area contributed by atoms with Gasteiger partial charge in [0.1, 0.15) is 0 Å². The third kappa shape index (κ3) is 95.5. The van der Waals surface area contributed by atoms with E-state index in [2.05, 4.69) is 0 Å². The van der Waals surface area contributed by atoms with Crippen molar-refractivity contribution in [3.63, 3.8) is 0 Å². The largest absolute Gasteiger partial charge is 0.481 e. The second-order valence-corrected chi connectivity index (χ2v) is 3.75. The number of carbonyl (C=O) groups is 3. The Morgan fingerprint density at radius 2 is 0.773 bits per heavy atom. The summed E-state index contributed by atoms with van der Waals surface area (Å²) >= 11 is 0. The van der Waals surface area contributed by atoms with Crippen LogP contribution in [-0.2, 0) is 36.1 Å². The maximum atomic E-state index is 9.60. The average molecular weight is 358 g/mol. The monoisotopic (exact) mass is 358 g/mol. The van der Waals surface area contributed by atoms with Crippen LogP contribution in [0.4, 0.5) is 0 Å². The fourth-order valence-electron chi connectivity index (χ4n) is 0.642. The van der Waals surface area contributed by atoms with Gasteiger partial charge in [0.05, 0.1) is 0 Å². The van der Waals surface area contributed by atoms with Crippen molar-refractivity contribution in [2.24, 2.45) is 0 Å². The van der Waals surface area contributed by atoms with E-state index in [-0.39, 0.29) is 28.3 Å². The summed E-state index contributed by atoms with van der Waals surface area (Å²) in [6.45, 7) is 7.45. The van der Waals surface area contributed by atoms with Crippen molar-refractivity contribution in [2.45, 2.75) is 66.2 Å². The van der Waals surface area contributed by atoms with E-state index >= 15 is 0 Å². The maximum Gasteiger partial charge on any atom is 0.303 e. The first-order valence-corrected chi connectivity index (χ1v) is 6.99. The fraction of sp³-hybridized carbons (Fsp3) is 0.786. The minimum absolute atomic E-state index is 0. The van der Waals surface area contributed by atoms with E-state index in [4.69, 9.17) is 20.4 Å². The van der Waals surface area contributed by atoms with E-state index in [0.717, 1.165) is 19.3 Å². The van der Waals surface area contributed by atoms with Crippen molar-refractivity contribution in [3.8, 4) is 0 Å². The molecule has 0 fully saturated rings. The molecule has 0 saturated heterocycles. The van der Waals surface area contributed by atoms with Gasteiger partial charge >= 0.3 is 17.9 Å². The van der Waals surface area contributed by atoms with E-state index in [1.54, 1.807) is 6.92 Å². The standard InChI is InChI=1S/3C4H8O2.C2H6O.Ti/c3*1-2-3-4(5)6;1-2-3;/h3*2-3H2,1H3,(H,5,6);3H,2H2,1H3;. The van der Waals surface area contributed by atoms with Crippen LogP contribution in [0.1, 0.15) is 66.2 Å². The zero-order chi connectivity index (χ0) is 17.7. The summed E-state index contributed by atoms with van der Waals surface area (Å²) in [5.74, 6) is -2.13. The summed E-state index contributed by atoms with van der Waals surface area (Å²) in [5.41, 5.74) is 0. The van der Waals surface area contributed by atoms with Crippen LogP contribution >= 0.6 is 0 Å². The van der Waals surface area contributed by atoms with Crippen LogP contribution in [-0.4, -0.2) is 44.9 Å². The normalized spacial score (nSPS) is 7.50. The van der Waals surface area contributed by atoms with Crippen LogP contribution in [0.3, 0.4) is 0 Å². The molecule has 0 aliphatic heterocycles. The molecule has 22 heavy (non-hydrogen) atoms. The van der Waals surface area contributed by atoms with Gasteiger partial charge in [0.15, 0.2) is 0 Å². The Bertz CT molecular complexity index is 207. The Balaban J connectivity index is -0.0000000591. The summed E-state index contributed by atoms with van der Waals surface area (Å²) < 4.78 is 0. The van der Waals surface area contributed by atoms with Gasteiger partial charge in [-0.1, -0.05) is 20.8 Å². The molecule has 0 bridgehead atoms. The number of hydrogen-bond acceptors (Lipinski definition) is 4. The van der Waals surface area contributed by atoms with Gasteiger partial charge in [-0.15, -0.1) is 0 Å². The molecule has 0 radical (unpaired) electrons. The van der Waals surface area contributed by atoms with Gasteiger partial charge in [-0.05, 0) is 26.2 Å². The summed E-state index contributed by atoms with van der Waals surface area (Å²) in [7, 11) is 0. The number of hydrogen-bond donors (Lipinski definition) is 4. The van der Waals surface area contributed by atoms with Gasteiger partial charge < -0.3 is 20.4 Å². The predicted molar refractivity (Wildman–Crippen MR) is 80.4 cm³/mol. The third-order valence-electron chi connectivity index (χ3n) is 1.39. The summed E-state index contributed by atoms with van der Waals surface area (Å²) in [4.78, 5) is 28.8. The number of aliphatic carboxylic acids is 3. The Kier molecular flexibility index (Phi) is 48.0. The van der Waals surface area contributed by atoms with Crippen LogP contribution in [0.5, 0.6) is 0 Å². The van der Waals surface area contributed by atoms with Crippen LogP contribution in [0.2, 0.25) is 0 Å². The fourth-order valence-corrected chi connectivity index (χ4v) is 0.642. The SMILES string of the molecule is CCCC(=O)O.CCCC(=O)O.CCCC(=O)O.CCO.[Ti]. The first-order chi connectivity index (χ1) is 9.72. The summed E-state index contributed by atoms with van der Waals surface area (Å²) in [6, 6.07) is 0. The van der Waals surface area contributed by atoms with Gasteiger partial charge in [-0.25, -0.2) is 0 Å². The van der Waals surface area contributed by atoms with E-state index in [1.165, 1.54) is 0 Å². The van der Waals surface area contributed by atoms with Gasteiger partial charge in [0, 0.05) is 47.6 Å². The molecule has 0 spiro atoms. The molecule has 0 aromatic carbocycles. The molecule has 4 N–H and O–H groups in total. The maximum absolute atomic E-state index is 9.60. The molecular formula is C14H30O7Ti. The zero-order valence-electron chi connectivity index (χ0n) is 14.0. The van der Waals surface area contributed by atoms with Crippen molar-refractivity contribution in [1.82, 2.24) is 0 Å². The van der Waals surface area contributed by atoms with Crippen LogP contribution in [0.15, 0.2) is 0 Å². The summed E-state index contributed by atoms with van der Waals surface area (Å²) in [6.07, 6.45) is 3.07. The van der Waals surface area contributed by atoms with Crippen molar-refractivity contribution >= 4 is 17.9 Å². The molecule has 8 heteroatoms. The molecule has 0 saturated carbocycles. The van der Waals surface area contributed by atoms with Crippen molar-refractivity contribution in [1.29, 1.82) is 0 Å². The quantitative estimate of drug-likeness (QED) is 0.537. The molecule has 0 amide bonds. The molecular weight excluding hydrogens is 328 g/mol. The third-order valence-corrected chi connectivity index (χ3v) is 1.39. The zero-order valence-corrected chi connectivity index (χ0v) is 15.5. The van der Waals surface area contributed by atoms with Gasteiger partial charge in [-0.2, -0.15) is 0 Å². The Morgan fingerprint density at radius 3 is 0.773 bits per heavy atom. The van der Waals surface area contributed by atoms with Crippen molar-refractivity contribution < 1.29 is 56.5 Å². The van der Waals surface area contributed by atoms with E-state index in [0.29, 0.717) is 19.3 Å². The summed E-state index contributed by atoms with van der Waals surface area (Å²) in [5, 5.41) is 31.3. The van der Waals surface area contributed by atoms with Gasteiger partial charge in [0.25, 0.3) is 0 Å². The number of aliphatic hydroxyl groups excluding tert-OH is 1. The van der Waals surface area contributed by atoms with Crippen molar-refractivity contribution in [3.05, 3.63) is 0 Å². The first-order valence-electron chi connectivity index (χ1n) is 6.99. The van der Waals surface area contributed by atoms with Crippen molar-refractivity contribution in [2.75, 3.05) is 6.61 Å². The smallest absolute Gasteiger partial charge is 0.303 e. The van der Waals surface area contributed by atoms with E-state index in [1.807, 2.05) is 20.8 Å². The minimum atomic E-state index is -0.711. The Hall–Kier alpha value is -0.916. The molecule has 0 aromatic rings. The average Bonchev–Trinajstić information content (AvgIpc) is 2.30.